The van der Waals surface area contributed by atoms with Crippen LogP contribution in [0.5, 0.6) is 17.2 Å². The number of esters is 1. The minimum absolute atomic E-state index is 0.135. The molecule has 1 aliphatic heterocycles. The summed E-state index contributed by atoms with van der Waals surface area (Å²) in [7, 11) is 3.05. The summed E-state index contributed by atoms with van der Waals surface area (Å²) >= 11 is 4.81. The van der Waals surface area contributed by atoms with Gasteiger partial charge < -0.3 is 18.9 Å². The van der Waals surface area contributed by atoms with Crippen LogP contribution in [-0.4, -0.2) is 31.4 Å². The van der Waals surface area contributed by atoms with Crippen molar-refractivity contribution in [2.45, 2.75) is 19.6 Å². The van der Waals surface area contributed by atoms with E-state index >= 15 is 0 Å². The summed E-state index contributed by atoms with van der Waals surface area (Å²) in [6.07, 6.45) is 1.78. The molecular weight excluding hydrogens is 706 g/mol. The van der Waals surface area contributed by atoms with Gasteiger partial charge in [0, 0.05) is 16.7 Å². The second kappa shape index (κ2) is 14.8. The van der Waals surface area contributed by atoms with E-state index in [1.54, 1.807) is 43.3 Å². The number of methoxy groups -OCH3 is 2. The Morgan fingerprint density at radius 1 is 1.00 bits per heavy atom. The molecular formula is C38H30BrN3O6S. The lowest BCUT2D eigenvalue weighted by molar-refractivity contribution is -0.138. The molecule has 4 aromatic carbocycles. The summed E-state index contributed by atoms with van der Waals surface area (Å²) in [4.78, 5) is 33.5. The molecule has 11 heteroatoms. The summed E-state index contributed by atoms with van der Waals surface area (Å²) < 4.78 is 25.6. The number of rotatable bonds is 10. The number of fused-ring (bicyclic) bond motifs is 1. The van der Waals surface area contributed by atoms with Crippen molar-refractivity contribution >= 4 is 45.0 Å². The smallest absolute Gasteiger partial charge is 0.338 e. The van der Waals surface area contributed by atoms with E-state index < -0.39 is 12.0 Å². The molecule has 2 heterocycles. The average molecular weight is 737 g/mol. The molecule has 1 atom stereocenters. The zero-order valence-electron chi connectivity index (χ0n) is 26.8. The lowest BCUT2D eigenvalue weighted by atomic mass is 9.92. The molecule has 0 amide bonds. The Balaban J connectivity index is 1.50. The summed E-state index contributed by atoms with van der Waals surface area (Å²) in [6, 6.07) is 28.7. The van der Waals surface area contributed by atoms with Crippen molar-refractivity contribution in [1.29, 1.82) is 5.26 Å². The van der Waals surface area contributed by atoms with Crippen molar-refractivity contribution in [1.82, 2.24) is 4.57 Å². The van der Waals surface area contributed by atoms with Crippen LogP contribution >= 0.6 is 27.3 Å². The maximum atomic E-state index is 14.4. The van der Waals surface area contributed by atoms with Crippen LogP contribution in [0.3, 0.4) is 0 Å². The van der Waals surface area contributed by atoms with Gasteiger partial charge in [-0.1, -0.05) is 78.1 Å². The number of thiazole rings is 1. The number of benzene rings is 4. The van der Waals surface area contributed by atoms with E-state index in [9.17, 15) is 14.9 Å². The van der Waals surface area contributed by atoms with E-state index in [0.29, 0.717) is 53.4 Å². The predicted molar refractivity (Wildman–Crippen MR) is 190 cm³/mol. The second-order valence-electron chi connectivity index (χ2n) is 10.8. The van der Waals surface area contributed by atoms with E-state index in [0.717, 1.165) is 11.1 Å². The number of para-hydroxylation sites is 1. The molecule has 1 unspecified atom stereocenters. The maximum Gasteiger partial charge on any atom is 0.338 e. The number of ether oxygens (including phenoxy) is 4. The summed E-state index contributed by atoms with van der Waals surface area (Å²) in [6.45, 7) is 2.09. The minimum atomic E-state index is -0.934. The number of aromatic nitrogens is 1. The Bertz CT molecular complexity index is 2310. The molecule has 0 bridgehead atoms. The lowest BCUT2D eigenvalue weighted by Gasteiger charge is -2.27. The van der Waals surface area contributed by atoms with E-state index in [4.69, 9.17) is 23.9 Å². The van der Waals surface area contributed by atoms with Gasteiger partial charge in [-0.2, -0.15) is 5.26 Å². The van der Waals surface area contributed by atoms with Gasteiger partial charge in [-0.3, -0.25) is 9.36 Å². The van der Waals surface area contributed by atoms with Crippen LogP contribution in [0, 0.1) is 11.3 Å². The summed E-state index contributed by atoms with van der Waals surface area (Å²) in [5.74, 6) is 0.832. The fraction of sp³-hybridized carbons (Fsp3) is 0.158. The van der Waals surface area contributed by atoms with Crippen LogP contribution in [0.2, 0.25) is 0 Å². The Hall–Kier alpha value is -5.44. The molecule has 0 spiro atoms. The largest absolute Gasteiger partial charge is 0.493 e. The topological polar surface area (TPSA) is 112 Å². The van der Waals surface area contributed by atoms with Gasteiger partial charge in [0.1, 0.15) is 18.4 Å². The Labute approximate surface area is 294 Å². The van der Waals surface area contributed by atoms with Crippen molar-refractivity contribution in [3.05, 3.63) is 149 Å². The Kier molecular flexibility index (Phi) is 10.1. The standard InChI is InChI=1S/C38H30BrN3O6S/c1-4-47-37(44)32-33(24-11-6-5-7-12-24)41-38-42(34(32)27-15-10-16-30(45-2)35(27)46-3)36(43)31(49-38)20-23-17-18-29(28(39)19-23)48-22-26-14-9-8-13-25(26)21-40/h5-20,34H,4,22H2,1-3H3. The molecule has 0 saturated carbocycles. The van der Waals surface area contributed by atoms with Gasteiger partial charge in [0.25, 0.3) is 5.56 Å². The quantitative estimate of drug-likeness (QED) is 0.158. The molecule has 246 valence electrons. The highest BCUT2D eigenvalue weighted by Gasteiger charge is 2.37. The van der Waals surface area contributed by atoms with Gasteiger partial charge in [-0.05, 0) is 58.8 Å². The highest BCUT2D eigenvalue weighted by atomic mass is 79.9. The number of carbonyl (C=O) groups is 1. The van der Waals surface area contributed by atoms with E-state index in [1.807, 2.05) is 60.7 Å². The Morgan fingerprint density at radius 2 is 1.78 bits per heavy atom. The molecule has 9 nitrogen and oxygen atoms in total. The molecule has 1 aliphatic rings. The fourth-order valence-corrected chi connectivity index (χ4v) is 7.16. The fourth-order valence-electron chi connectivity index (χ4n) is 5.65. The first-order valence-corrected chi connectivity index (χ1v) is 16.9. The van der Waals surface area contributed by atoms with E-state index in [-0.39, 0.29) is 24.3 Å². The monoisotopic (exact) mass is 735 g/mol. The van der Waals surface area contributed by atoms with Gasteiger partial charge in [-0.15, -0.1) is 0 Å². The molecule has 49 heavy (non-hydrogen) atoms. The Morgan fingerprint density at radius 3 is 2.49 bits per heavy atom. The average Bonchev–Trinajstić information content (AvgIpc) is 3.44. The number of halogens is 1. The van der Waals surface area contributed by atoms with Crippen molar-refractivity contribution in [3.8, 4) is 23.3 Å². The zero-order chi connectivity index (χ0) is 34.5. The van der Waals surface area contributed by atoms with Crippen LogP contribution in [0.1, 0.15) is 40.8 Å². The molecule has 5 aromatic rings. The lowest BCUT2D eigenvalue weighted by Crippen LogP contribution is -2.40. The van der Waals surface area contributed by atoms with E-state index in [2.05, 4.69) is 22.0 Å². The number of hydrogen-bond acceptors (Lipinski definition) is 9. The first-order valence-electron chi connectivity index (χ1n) is 15.3. The molecule has 0 N–H and O–H groups in total. The number of nitrogens with zero attached hydrogens (tertiary/aromatic N) is 3. The molecule has 1 aromatic heterocycles. The number of hydrogen-bond donors (Lipinski definition) is 0. The van der Waals surface area contributed by atoms with Gasteiger partial charge >= 0.3 is 5.97 Å². The summed E-state index contributed by atoms with van der Waals surface area (Å²) in [5.41, 5.74) is 3.60. The third-order valence-corrected chi connectivity index (χ3v) is 9.48. The van der Waals surface area contributed by atoms with Gasteiger partial charge in [0.15, 0.2) is 16.3 Å². The predicted octanol–water partition coefficient (Wildman–Crippen LogP) is 6.17. The SMILES string of the molecule is CCOC(=O)C1=C(c2ccccc2)N=c2sc(=Cc3ccc(OCc4ccccc4C#N)c(Br)c3)c(=O)n2C1c1cccc(OC)c1OC. The number of nitriles is 1. The molecule has 0 radical (unpaired) electrons. The van der Waals surface area contributed by atoms with Crippen LogP contribution in [0.15, 0.2) is 111 Å². The van der Waals surface area contributed by atoms with Crippen LogP contribution in [0.4, 0.5) is 0 Å². The highest BCUT2D eigenvalue weighted by molar-refractivity contribution is 9.10. The first-order chi connectivity index (χ1) is 23.9. The maximum absolute atomic E-state index is 14.4. The summed E-state index contributed by atoms with van der Waals surface area (Å²) in [5, 5.41) is 9.41. The van der Waals surface area contributed by atoms with Crippen molar-refractivity contribution in [3.63, 3.8) is 0 Å². The molecule has 0 aliphatic carbocycles. The number of carbonyl (C=O) groups excluding carboxylic acids is 1. The van der Waals surface area contributed by atoms with Gasteiger partial charge in [0.05, 0.1) is 52.7 Å². The first kappa shape index (κ1) is 33.5. The van der Waals surface area contributed by atoms with Crippen molar-refractivity contribution in [2.75, 3.05) is 20.8 Å². The normalized spacial score (nSPS) is 14.0. The van der Waals surface area contributed by atoms with Gasteiger partial charge in [0.2, 0.25) is 0 Å². The second-order valence-corrected chi connectivity index (χ2v) is 12.6. The highest BCUT2D eigenvalue weighted by Crippen LogP contribution is 2.42. The zero-order valence-corrected chi connectivity index (χ0v) is 29.2. The third-order valence-electron chi connectivity index (χ3n) is 7.88. The van der Waals surface area contributed by atoms with Gasteiger partial charge in [-0.25, -0.2) is 9.79 Å². The van der Waals surface area contributed by atoms with Crippen LogP contribution < -0.4 is 29.1 Å². The van der Waals surface area contributed by atoms with Crippen LogP contribution in [-0.2, 0) is 16.1 Å². The van der Waals surface area contributed by atoms with Crippen LogP contribution in [0.25, 0.3) is 11.8 Å². The van der Waals surface area contributed by atoms with Crippen molar-refractivity contribution < 1.29 is 23.7 Å². The van der Waals surface area contributed by atoms with Crippen molar-refractivity contribution in [2.24, 2.45) is 4.99 Å². The van der Waals surface area contributed by atoms with E-state index in [1.165, 1.54) is 30.1 Å². The minimum Gasteiger partial charge on any atom is -0.493 e. The third kappa shape index (κ3) is 6.66. The molecule has 0 fully saturated rings. The molecule has 6 rings (SSSR count). The molecule has 0 saturated heterocycles.